The fraction of sp³-hybridized carbons (Fsp3) is 0.500. The van der Waals surface area contributed by atoms with E-state index in [1.807, 2.05) is 45.2 Å². The van der Waals surface area contributed by atoms with Gasteiger partial charge in [0.1, 0.15) is 11.5 Å². The van der Waals surface area contributed by atoms with E-state index >= 15 is 0 Å². The lowest BCUT2D eigenvalue weighted by Gasteiger charge is -2.44. The molecule has 7 nitrogen and oxygen atoms in total. The predicted molar refractivity (Wildman–Crippen MR) is 144 cm³/mol. The summed E-state index contributed by atoms with van der Waals surface area (Å²) in [6.07, 6.45) is 8.15. The molecule has 194 valence electrons. The standard InChI is InChI=1S/C28H37N3O4S/c1-6-8-13-36-19-26(32)29-11-9-28(10-12-29)25-15-20(3)14-23-21(16-22(34-4)17-24(23)35-5)18-30(25)27(33)31(28)7-2/h6,8,13,15-17,20H,1,7,9-12,14,18-19H2,2-5H3/b13-8-,25-15-/t20-/m1/s1. The number of benzene rings is 1. The van der Waals surface area contributed by atoms with Crippen LogP contribution in [0.3, 0.4) is 0 Å². The third-order valence-corrected chi connectivity index (χ3v) is 8.31. The Kier molecular flexibility index (Phi) is 8.03. The van der Waals surface area contributed by atoms with Crippen molar-refractivity contribution >= 4 is 23.7 Å². The van der Waals surface area contributed by atoms with Gasteiger partial charge in [-0.05, 0) is 54.7 Å². The SMILES string of the molecule is C=C/C=C\SCC(=O)N1CCC2(CC1)/C1=C/[C@H](C)Cc3c(cc(OC)cc3OC)CN1C(=O)N2CC. The number of nitrogens with zero attached hydrogens (tertiary/aromatic N) is 3. The molecule has 0 bridgehead atoms. The van der Waals surface area contributed by atoms with Crippen molar-refractivity contribution in [2.45, 2.75) is 45.2 Å². The molecule has 3 aliphatic heterocycles. The Balaban J connectivity index is 1.62. The van der Waals surface area contributed by atoms with Crippen LogP contribution in [0.4, 0.5) is 4.79 Å². The Morgan fingerprint density at radius 2 is 2.00 bits per heavy atom. The largest absolute Gasteiger partial charge is 0.497 e. The molecule has 0 radical (unpaired) electrons. The number of urea groups is 1. The van der Waals surface area contributed by atoms with E-state index in [1.165, 1.54) is 11.8 Å². The summed E-state index contributed by atoms with van der Waals surface area (Å²) in [6, 6.07) is 3.99. The second kappa shape index (κ2) is 11.0. The number of carbonyl (C=O) groups is 2. The summed E-state index contributed by atoms with van der Waals surface area (Å²) >= 11 is 1.48. The number of amides is 3. The molecule has 1 aromatic rings. The number of hydrogen-bond donors (Lipinski definition) is 0. The van der Waals surface area contributed by atoms with Crippen molar-refractivity contribution in [2.24, 2.45) is 5.92 Å². The molecule has 0 aliphatic carbocycles. The highest BCUT2D eigenvalue weighted by Crippen LogP contribution is 2.47. The lowest BCUT2D eigenvalue weighted by molar-refractivity contribution is -0.130. The number of carbonyl (C=O) groups excluding carboxylic acids is 2. The molecule has 0 N–H and O–H groups in total. The molecule has 0 aromatic heterocycles. The van der Waals surface area contributed by atoms with Gasteiger partial charge in [0, 0.05) is 31.4 Å². The Morgan fingerprint density at radius 3 is 2.64 bits per heavy atom. The molecule has 0 saturated carbocycles. The lowest BCUT2D eigenvalue weighted by atomic mass is 9.81. The fourth-order valence-electron chi connectivity index (χ4n) is 5.80. The highest BCUT2D eigenvalue weighted by Gasteiger charge is 2.54. The van der Waals surface area contributed by atoms with Gasteiger partial charge in [0.2, 0.25) is 5.91 Å². The van der Waals surface area contributed by atoms with Gasteiger partial charge in [-0.3, -0.25) is 9.69 Å². The number of likely N-dealkylation sites (tertiary alicyclic amines) is 1. The van der Waals surface area contributed by atoms with Crippen LogP contribution in [0.2, 0.25) is 0 Å². The molecule has 2 fully saturated rings. The third-order valence-electron chi connectivity index (χ3n) is 7.55. The molecule has 3 aliphatic rings. The maximum atomic E-state index is 13.8. The third kappa shape index (κ3) is 4.75. The molecule has 1 aromatic carbocycles. The number of methoxy groups -OCH3 is 2. The van der Waals surface area contributed by atoms with Crippen LogP contribution in [0, 0.1) is 5.92 Å². The fourth-order valence-corrected chi connectivity index (χ4v) is 6.44. The van der Waals surface area contributed by atoms with Crippen LogP contribution in [-0.4, -0.2) is 71.8 Å². The van der Waals surface area contributed by atoms with Crippen LogP contribution in [-0.2, 0) is 17.8 Å². The predicted octanol–water partition coefficient (Wildman–Crippen LogP) is 4.83. The minimum absolute atomic E-state index is 0.0375. The van der Waals surface area contributed by atoms with Gasteiger partial charge in [-0.15, -0.1) is 11.8 Å². The summed E-state index contributed by atoms with van der Waals surface area (Å²) in [5, 5.41) is 1.89. The van der Waals surface area contributed by atoms with Gasteiger partial charge in [0.25, 0.3) is 0 Å². The van der Waals surface area contributed by atoms with Crippen LogP contribution in [0.25, 0.3) is 0 Å². The Bertz CT molecular complexity index is 1070. The van der Waals surface area contributed by atoms with E-state index in [0.717, 1.165) is 47.6 Å². The summed E-state index contributed by atoms with van der Waals surface area (Å²) in [4.78, 5) is 32.5. The van der Waals surface area contributed by atoms with Crippen molar-refractivity contribution in [2.75, 3.05) is 39.6 Å². The number of piperidine rings is 1. The molecule has 8 heteroatoms. The molecular weight excluding hydrogens is 474 g/mol. The molecule has 36 heavy (non-hydrogen) atoms. The summed E-state index contributed by atoms with van der Waals surface area (Å²) in [7, 11) is 3.33. The van der Waals surface area contributed by atoms with E-state index in [4.69, 9.17) is 9.47 Å². The topological polar surface area (TPSA) is 62.3 Å². The van der Waals surface area contributed by atoms with Crippen molar-refractivity contribution in [1.29, 1.82) is 0 Å². The van der Waals surface area contributed by atoms with Crippen LogP contribution in [0.15, 0.2) is 48.0 Å². The summed E-state index contributed by atoms with van der Waals surface area (Å²) in [5.74, 6) is 2.30. The lowest BCUT2D eigenvalue weighted by Crippen LogP contribution is -2.55. The van der Waals surface area contributed by atoms with Crippen LogP contribution in [0.1, 0.15) is 37.8 Å². The van der Waals surface area contributed by atoms with Gasteiger partial charge in [-0.1, -0.05) is 31.7 Å². The van der Waals surface area contributed by atoms with Gasteiger partial charge in [-0.2, -0.15) is 0 Å². The average Bonchev–Trinajstić information content (AvgIpc) is 3.07. The van der Waals surface area contributed by atoms with E-state index in [1.54, 1.807) is 20.3 Å². The first kappa shape index (κ1) is 26.2. The molecule has 3 amide bonds. The summed E-state index contributed by atoms with van der Waals surface area (Å²) in [5.41, 5.74) is 2.89. The maximum absolute atomic E-state index is 13.8. The zero-order valence-corrected chi connectivity index (χ0v) is 22.6. The minimum Gasteiger partial charge on any atom is -0.497 e. The zero-order valence-electron chi connectivity index (χ0n) is 21.8. The van der Waals surface area contributed by atoms with Crippen molar-refractivity contribution in [3.63, 3.8) is 0 Å². The summed E-state index contributed by atoms with van der Waals surface area (Å²) in [6.45, 7) is 10.3. The monoisotopic (exact) mass is 511 g/mol. The maximum Gasteiger partial charge on any atom is 0.325 e. The highest BCUT2D eigenvalue weighted by molar-refractivity contribution is 8.02. The molecule has 3 heterocycles. The second-order valence-electron chi connectivity index (χ2n) is 9.60. The zero-order chi connectivity index (χ0) is 25.9. The molecular formula is C28H37N3O4S. The second-order valence-corrected chi connectivity index (χ2v) is 10.5. The normalized spacial score (nSPS) is 22.6. The number of rotatable bonds is 7. The number of ether oxygens (including phenoxy) is 2. The molecule has 4 rings (SSSR count). The van der Waals surface area contributed by atoms with E-state index in [2.05, 4.69) is 19.6 Å². The van der Waals surface area contributed by atoms with E-state index in [9.17, 15) is 9.59 Å². The van der Waals surface area contributed by atoms with Gasteiger partial charge >= 0.3 is 6.03 Å². The quantitative estimate of drug-likeness (QED) is 0.491. The van der Waals surface area contributed by atoms with Crippen LogP contribution < -0.4 is 9.47 Å². The average molecular weight is 512 g/mol. The summed E-state index contributed by atoms with van der Waals surface area (Å²) < 4.78 is 11.2. The Morgan fingerprint density at radius 1 is 1.25 bits per heavy atom. The number of hydrogen-bond acceptors (Lipinski definition) is 5. The smallest absolute Gasteiger partial charge is 0.325 e. The van der Waals surface area contributed by atoms with Crippen molar-refractivity contribution in [3.8, 4) is 11.5 Å². The number of allylic oxidation sites excluding steroid dienone is 3. The van der Waals surface area contributed by atoms with Gasteiger partial charge in [0.05, 0.1) is 32.1 Å². The highest BCUT2D eigenvalue weighted by atomic mass is 32.2. The number of fused-ring (bicyclic) bond motifs is 3. The molecule has 1 spiro atoms. The first-order valence-electron chi connectivity index (χ1n) is 12.6. The first-order chi connectivity index (χ1) is 17.4. The molecule has 1 atom stereocenters. The molecule has 2 saturated heterocycles. The van der Waals surface area contributed by atoms with Crippen molar-refractivity contribution < 1.29 is 19.1 Å². The van der Waals surface area contributed by atoms with Gasteiger partial charge in [0.15, 0.2) is 0 Å². The van der Waals surface area contributed by atoms with Crippen molar-refractivity contribution in [1.82, 2.24) is 14.7 Å². The van der Waals surface area contributed by atoms with Gasteiger partial charge < -0.3 is 19.3 Å². The Labute approximate surface area is 218 Å². The molecule has 0 unspecified atom stereocenters. The van der Waals surface area contributed by atoms with E-state index in [0.29, 0.717) is 31.9 Å². The van der Waals surface area contributed by atoms with Crippen LogP contribution >= 0.6 is 11.8 Å². The van der Waals surface area contributed by atoms with E-state index in [-0.39, 0.29) is 23.4 Å². The first-order valence-corrected chi connectivity index (χ1v) is 13.7. The Hall–Kier alpha value is -2.87. The minimum atomic E-state index is -0.382. The van der Waals surface area contributed by atoms with E-state index < -0.39 is 0 Å². The van der Waals surface area contributed by atoms with Gasteiger partial charge in [-0.25, -0.2) is 4.79 Å². The number of thioether (sulfide) groups is 1. The van der Waals surface area contributed by atoms with Crippen molar-refractivity contribution in [3.05, 3.63) is 59.2 Å². The number of likely N-dealkylation sites (N-methyl/N-ethyl adjacent to an activating group) is 1. The van der Waals surface area contributed by atoms with Crippen LogP contribution in [0.5, 0.6) is 11.5 Å².